The van der Waals surface area contributed by atoms with Gasteiger partial charge >= 0.3 is 5.97 Å². The van der Waals surface area contributed by atoms with Crippen molar-refractivity contribution < 1.29 is 24.0 Å². The first-order valence-corrected chi connectivity index (χ1v) is 8.56. The zero-order valence-corrected chi connectivity index (χ0v) is 16.1. The highest BCUT2D eigenvalue weighted by molar-refractivity contribution is 5.90. The number of carbonyl (C=O) groups excluding carboxylic acids is 2. The van der Waals surface area contributed by atoms with Gasteiger partial charge in [-0.05, 0) is 39.8 Å². The highest BCUT2D eigenvalue weighted by Gasteiger charge is 2.22. The van der Waals surface area contributed by atoms with Crippen LogP contribution in [0.1, 0.15) is 38.2 Å². The van der Waals surface area contributed by atoms with Crippen molar-refractivity contribution in [3.8, 4) is 11.4 Å². The van der Waals surface area contributed by atoms with Crippen LogP contribution in [0, 0.1) is 10.1 Å². The second-order valence-corrected chi connectivity index (χ2v) is 6.87. The summed E-state index contributed by atoms with van der Waals surface area (Å²) in [4.78, 5) is 34.4. The quantitative estimate of drug-likeness (QED) is 0.436. The summed E-state index contributed by atoms with van der Waals surface area (Å²) in [6.45, 7) is 7.00. The van der Waals surface area contributed by atoms with E-state index in [9.17, 15) is 19.7 Å². The van der Waals surface area contributed by atoms with Crippen molar-refractivity contribution in [2.45, 2.75) is 33.2 Å². The number of aromatic nitrogens is 2. The van der Waals surface area contributed by atoms with Crippen molar-refractivity contribution in [3.63, 3.8) is 0 Å². The summed E-state index contributed by atoms with van der Waals surface area (Å²) in [5.74, 6) is -0.986. The molecule has 0 spiro atoms. The molecule has 0 saturated heterocycles. The molecule has 0 aliphatic carbocycles. The van der Waals surface area contributed by atoms with Crippen LogP contribution in [0.15, 0.2) is 30.5 Å². The van der Waals surface area contributed by atoms with Gasteiger partial charge in [0, 0.05) is 17.7 Å². The molecule has 2 rings (SSSR count). The van der Waals surface area contributed by atoms with Gasteiger partial charge in [0.1, 0.15) is 0 Å². The average Bonchev–Trinajstić information content (AvgIpc) is 3.03. The third-order valence-corrected chi connectivity index (χ3v) is 3.35. The lowest BCUT2D eigenvalue weighted by atomic mass is 10.1. The van der Waals surface area contributed by atoms with Crippen LogP contribution in [0.5, 0.6) is 5.75 Å². The van der Waals surface area contributed by atoms with Crippen LogP contribution in [0.4, 0.5) is 5.69 Å². The van der Waals surface area contributed by atoms with Gasteiger partial charge in [-0.25, -0.2) is 9.48 Å². The maximum Gasteiger partial charge on any atom is 0.362 e. The van der Waals surface area contributed by atoms with Crippen LogP contribution in [-0.4, -0.2) is 45.3 Å². The summed E-state index contributed by atoms with van der Waals surface area (Å²) in [5.41, 5.74) is -0.112. The van der Waals surface area contributed by atoms with Crippen LogP contribution in [0.25, 0.3) is 5.69 Å². The Hall–Kier alpha value is -3.43. The second kappa shape index (κ2) is 8.51. The third-order valence-electron chi connectivity index (χ3n) is 3.35. The largest absolute Gasteiger partial charge is 0.480 e. The van der Waals surface area contributed by atoms with Crippen molar-refractivity contribution in [1.29, 1.82) is 0 Å². The molecule has 0 radical (unpaired) electrons. The minimum atomic E-state index is -0.700. The predicted molar refractivity (Wildman–Crippen MR) is 99.6 cm³/mol. The number of carbonyl (C=O) groups is 2. The molecule has 10 heteroatoms. The molecule has 150 valence electrons. The van der Waals surface area contributed by atoms with Crippen molar-refractivity contribution >= 4 is 17.6 Å². The molecular weight excluding hydrogens is 368 g/mol. The van der Waals surface area contributed by atoms with Crippen molar-refractivity contribution in [2.75, 3.05) is 13.2 Å². The van der Waals surface area contributed by atoms with Crippen LogP contribution >= 0.6 is 0 Å². The van der Waals surface area contributed by atoms with Gasteiger partial charge in [-0.15, -0.1) is 0 Å². The lowest BCUT2D eigenvalue weighted by molar-refractivity contribution is -0.384. The zero-order valence-electron chi connectivity index (χ0n) is 16.1. The summed E-state index contributed by atoms with van der Waals surface area (Å²) in [7, 11) is 0. The number of non-ortho nitro benzene ring substituents is 1. The molecule has 2 aromatic rings. The van der Waals surface area contributed by atoms with Gasteiger partial charge in [-0.3, -0.25) is 14.9 Å². The summed E-state index contributed by atoms with van der Waals surface area (Å²) >= 11 is 0. The number of hydrogen-bond donors (Lipinski definition) is 1. The van der Waals surface area contributed by atoms with Crippen LogP contribution < -0.4 is 10.1 Å². The van der Waals surface area contributed by atoms with Crippen molar-refractivity contribution in [2.24, 2.45) is 0 Å². The molecule has 0 aliphatic heterocycles. The maximum atomic E-state index is 12.2. The molecule has 0 atom stereocenters. The number of ether oxygens (including phenoxy) is 2. The Kier molecular flexibility index (Phi) is 6.34. The molecule has 0 saturated carbocycles. The Morgan fingerprint density at radius 3 is 2.43 bits per heavy atom. The number of hydrogen-bond acceptors (Lipinski definition) is 7. The number of nitrogens with zero attached hydrogens (tertiary/aromatic N) is 3. The normalized spacial score (nSPS) is 11.0. The molecular formula is C18H22N4O6. The van der Waals surface area contributed by atoms with Crippen LogP contribution in [-0.2, 0) is 9.53 Å². The van der Waals surface area contributed by atoms with Crippen LogP contribution in [0.3, 0.4) is 0 Å². The molecule has 0 unspecified atom stereocenters. The molecule has 10 nitrogen and oxygen atoms in total. The Bertz CT molecular complexity index is 867. The molecule has 1 aromatic heterocycles. The summed E-state index contributed by atoms with van der Waals surface area (Å²) in [6, 6.07) is 5.60. The fourth-order valence-electron chi connectivity index (χ4n) is 2.26. The van der Waals surface area contributed by atoms with Gasteiger partial charge in [0.25, 0.3) is 11.6 Å². The fourth-order valence-corrected chi connectivity index (χ4v) is 2.26. The van der Waals surface area contributed by atoms with Crippen LogP contribution in [0.2, 0.25) is 0 Å². The van der Waals surface area contributed by atoms with Gasteiger partial charge < -0.3 is 14.8 Å². The van der Waals surface area contributed by atoms with E-state index in [0.717, 1.165) is 0 Å². The first kappa shape index (κ1) is 20.9. The van der Waals surface area contributed by atoms with Gasteiger partial charge in [0.2, 0.25) is 5.69 Å². The van der Waals surface area contributed by atoms with Gasteiger partial charge in [0.05, 0.1) is 23.4 Å². The molecule has 1 heterocycles. The van der Waals surface area contributed by atoms with E-state index in [-0.39, 0.29) is 36.3 Å². The molecule has 0 bridgehead atoms. The Morgan fingerprint density at radius 1 is 1.25 bits per heavy atom. The van der Waals surface area contributed by atoms with E-state index >= 15 is 0 Å². The van der Waals surface area contributed by atoms with Crippen molar-refractivity contribution in [3.05, 3.63) is 46.3 Å². The topological polar surface area (TPSA) is 126 Å². The monoisotopic (exact) mass is 390 g/mol. The smallest absolute Gasteiger partial charge is 0.362 e. The second-order valence-electron chi connectivity index (χ2n) is 6.87. The summed E-state index contributed by atoms with van der Waals surface area (Å²) < 4.78 is 11.8. The number of nitrogens with one attached hydrogen (secondary N) is 1. The number of esters is 1. The van der Waals surface area contributed by atoms with E-state index in [2.05, 4.69) is 10.4 Å². The minimum absolute atomic E-state index is 0.0702. The SMILES string of the molecule is CCOC(=O)c1nn(-c2ccc([N+](=O)[O-])cc2)cc1OCC(=O)NC(C)(C)C. The maximum absolute atomic E-state index is 12.2. The average molecular weight is 390 g/mol. The molecule has 28 heavy (non-hydrogen) atoms. The number of amides is 1. The molecule has 1 aromatic carbocycles. The van der Waals surface area contributed by atoms with Gasteiger partial charge in [-0.2, -0.15) is 5.10 Å². The van der Waals surface area contributed by atoms with Gasteiger partial charge in [0.15, 0.2) is 12.4 Å². The van der Waals surface area contributed by atoms with E-state index < -0.39 is 16.4 Å². The van der Waals surface area contributed by atoms with E-state index in [0.29, 0.717) is 5.69 Å². The first-order chi connectivity index (χ1) is 13.1. The molecule has 0 fully saturated rings. The standard InChI is InChI=1S/C18H22N4O6/c1-5-27-17(24)16-14(28-11-15(23)19-18(2,3)4)10-21(20-16)12-6-8-13(9-7-12)22(25)26/h6-10H,5,11H2,1-4H3,(H,19,23). The molecule has 1 amide bonds. The van der Waals surface area contributed by atoms with E-state index in [1.54, 1.807) is 6.92 Å². The molecule has 1 N–H and O–H groups in total. The number of benzene rings is 1. The van der Waals surface area contributed by atoms with E-state index in [4.69, 9.17) is 9.47 Å². The van der Waals surface area contributed by atoms with E-state index in [1.165, 1.54) is 35.1 Å². The van der Waals surface area contributed by atoms with Crippen molar-refractivity contribution in [1.82, 2.24) is 15.1 Å². The lowest BCUT2D eigenvalue weighted by Crippen LogP contribution is -2.43. The molecule has 0 aliphatic rings. The number of rotatable bonds is 7. The fraction of sp³-hybridized carbons (Fsp3) is 0.389. The summed E-state index contributed by atoms with van der Waals surface area (Å²) in [6.07, 6.45) is 1.41. The Morgan fingerprint density at radius 2 is 1.89 bits per heavy atom. The predicted octanol–water partition coefficient (Wildman–Crippen LogP) is 2.25. The Labute approximate surface area is 161 Å². The number of nitro benzene ring substituents is 1. The zero-order chi connectivity index (χ0) is 20.9. The lowest BCUT2D eigenvalue weighted by Gasteiger charge is -2.20. The summed E-state index contributed by atoms with van der Waals surface area (Å²) in [5, 5.41) is 17.7. The van der Waals surface area contributed by atoms with E-state index in [1.807, 2.05) is 20.8 Å². The highest BCUT2D eigenvalue weighted by Crippen LogP contribution is 2.22. The van der Waals surface area contributed by atoms with Gasteiger partial charge in [-0.1, -0.05) is 0 Å². The third kappa shape index (κ3) is 5.53. The highest BCUT2D eigenvalue weighted by atomic mass is 16.6. The number of nitro groups is 1. The Balaban J connectivity index is 2.26. The minimum Gasteiger partial charge on any atom is -0.480 e. The first-order valence-electron chi connectivity index (χ1n) is 8.56.